The van der Waals surface area contributed by atoms with E-state index in [4.69, 9.17) is 0 Å². The maximum atomic E-state index is 13.0. The third-order valence-electron chi connectivity index (χ3n) is 5.57. The number of aryl methyl sites for hydroxylation is 1. The molecule has 4 rings (SSSR count). The highest BCUT2D eigenvalue weighted by Gasteiger charge is 2.29. The molecule has 7 nitrogen and oxygen atoms in total. The predicted molar refractivity (Wildman–Crippen MR) is 102 cm³/mol. The van der Waals surface area contributed by atoms with Crippen LogP contribution < -0.4 is 0 Å². The lowest BCUT2D eigenvalue weighted by atomic mass is 9.97. The van der Waals surface area contributed by atoms with Gasteiger partial charge in [0.2, 0.25) is 0 Å². The number of nitrogens with zero attached hydrogens (tertiary/aromatic N) is 6. The molecule has 2 fully saturated rings. The molecule has 1 saturated heterocycles. The molecule has 1 amide bonds. The SMILES string of the molecule is CC(C)Cc1cc(C(=O)N2CCC[C@@H](Cn3cc(C4CC4)nn3)C2)n(C)n1. The molecule has 2 aliphatic rings. The Morgan fingerprint density at radius 3 is 2.85 bits per heavy atom. The first-order chi connectivity index (χ1) is 13.0. The summed E-state index contributed by atoms with van der Waals surface area (Å²) in [5, 5.41) is 13.1. The second kappa shape index (κ2) is 7.44. The van der Waals surface area contributed by atoms with Crippen LogP contribution in [0.15, 0.2) is 12.3 Å². The van der Waals surface area contributed by atoms with Crippen LogP contribution in [-0.2, 0) is 20.0 Å². The number of hydrogen-bond donors (Lipinski definition) is 0. The minimum atomic E-state index is 0.0990. The average Bonchev–Trinajstić information content (AvgIpc) is 3.28. The molecule has 3 heterocycles. The van der Waals surface area contributed by atoms with Gasteiger partial charge in [-0.25, -0.2) is 0 Å². The third kappa shape index (κ3) is 4.22. The second-order valence-electron chi connectivity index (χ2n) is 8.64. The minimum absolute atomic E-state index is 0.0990. The number of rotatable bonds is 6. The number of hydrogen-bond acceptors (Lipinski definition) is 4. The van der Waals surface area contributed by atoms with Crippen molar-refractivity contribution in [3.05, 3.63) is 29.3 Å². The van der Waals surface area contributed by atoms with Crippen molar-refractivity contribution < 1.29 is 4.79 Å². The highest BCUT2D eigenvalue weighted by atomic mass is 16.2. The summed E-state index contributed by atoms with van der Waals surface area (Å²) in [7, 11) is 1.87. The molecule has 0 spiro atoms. The summed E-state index contributed by atoms with van der Waals surface area (Å²) in [5.74, 6) is 1.69. The molecule has 27 heavy (non-hydrogen) atoms. The fourth-order valence-electron chi connectivity index (χ4n) is 4.04. The molecule has 0 bridgehead atoms. The second-order valence-corrected chi connectivity index (χ2v) is 8.64. The number of carbonyl (C=O) groups excluding carboxylic acids is 1. The normalized spacial score (nSPS) is 20.4. The smallest absolute Gasteiger partial charge is 0.272 e. The molecule has 7 heteroatoms. The summed E-state index contributed by atoms with van der Waals surface area (Å²) in [6.07, 6.45) is 7.66. The summed E-state index contributed by atoms with van der Waals surface area (Å²) in [4.78, 5) is 15.0. The first kappa shape index (κ1) is 18.2. The van der Waals surface area contributed by atoms with E-state index in [1.807, 2.05) is 22.7 Å². The van der Waals surface area contributed by atoms with Gasteiger partial charge >= 0.3 is 0 Å². The van der Waals surface area contributed by atoms with Crippen molar-refractivity contribution in [1.29, 1.82) is 0 Å². The molecular weight excluding hydrogens is 340 g/mol. The standard InChI is InChI=1S/C20H30N6O/c1-14(2)9-17-10-19(24(3)22-17)20(27)25-8-4-5-15(11-25)12-26-13-18(21-23-26)16-6-7-16/h10,13-16H,4-9,11-12H2,1-3H3/t15-/m1/s1. The Morgan fingerprint density at radius 1 is 1.30 bits per heavy atom. The van der Waals surface area contributed by atoms with Crippen LogP contribution in [0.25, 0.3) is 0 Å². The maximum Gasteiger partial charge on any atom is 0.272 e. The highest BCUT2D eigenvalue weighted by Crippen LogP contribution is 2.38. The number of aromatic nitrogens is 5. The molecular formula is C20H30N6O. The Kier molecular flexibility index (Phi) is 5.02. The van der Waals surface area contributed by atoms with Crippen LogP contribution in [-0.4, -0.2) is 48.7 Å². The zero-order valence-electron chi connectivity index (χ0n) is 16.6. The van der Waals surface area contributed by atoms with Crippen molar-refractivity contribution in [2.24, 2.45) is 18.9 Å². The number of likely N-dealkylation sites (tertiary alicyclic amines) is 1. The number of carbonyl (C=O) groups is 1. The first-order valence-electron chi connectivity index (χ1n) is 10.2. The number of amides is 1. The van der Waals surface area contributed by atoms with Gasteiger partial charge in [-0.1, -0.05) is 19.1 Å². The van der Waals surface area contributed by atoms with E-state index in [0.29, 0.717) is 23.4 Å². The summed E-state index contributed by atoms with van der Waals surface area (Å²) in [5.41, 5.74) is 2.83. The third-order valence-corrected chi connectivity index (χ3v) is 5.57. The Balaban J connectivity index is 1.39. The summed E-state index contributed by atoms with van der Waals surface area (Å²) >= 11 is 0. The van der Waals surface area contributed by atoms with Gasteiger partial charge in [0.1, 0.15) is 5.69 Å². The predicted octanol–water partition coefficient (Wildman–Crippen LogP) is 2.64. The van der Waals surface area contributed by atoms with E-state index in [0.717, 1.165) is 50.3 Å². The summed E-state index contributed by atoms with van der Waals surface area (Å²) in [6, 6.07) is 1.96. The molecule has 0 aromatic carbocycles. The van der Waals surface area contributed by atoms with E-state index in [1.54, 1.807) is 4.68 Å². The van der Waals surface area contributed by atoms with Crippen molar-refractivity contribution in [3.8, 4) is 0 Å². The fraction of sp³-hybridized carbons (Fsp3) is 0.700. The Morgan fingerprint density at radius 2 is 2.11 bits per heavy atom. The fourth-order valence-corrected chi connectivity index (χ4v) is 4.04. The van der Waals surface area contributed by atoms with Crippen LogP contribution in [0.5, 0.6) is 0 Å². The van der Waals surface area contributed by atoms with Crippen molar-refractivity contribution in [2.45, 2.75) is 58.4 Å². The molecule has 1 aliphatic carbocycles. The molecule has 1 atom stereocenters. The molecule has 0 N–H and O–H groups in total. The van der Waals surface area contributed by atoms with E-state index in [2.05, 4.69) is 35.5 Å². The molecule has 1 aliphatic heterocycles. The molecule has 2 aromatic heterocycles. The lowest BCUT2D eigenvalue weighted by Gasteiger charge is -2.32. The van der Waals surface area contributed by atoms with Gasteiger partial charge in [-0.15, -0.1) is 5.10 Å². The van der Waals surface area contributed by atoms with E-state index in [1.165, 1.54) is 12.8 Å². The quantitative estimate of drug-likeness (QED) is 0.784. The Labute approximate surface area is 160 Å². The van der Waals surface area contributed by atoms with Crippen LogP contribution >= 0.6 is 0 Å². The zero-order valence-corrected chi connectivity index (χ0v) is 16.6. The molecule has 0 radical (unpaired) electrons. The van der Waals surface area contributed by atoms with Gasteiger partial charge < -0.3 is 4.90 Å². The van der Waals surface area contributed by atoms with Gasteiger partial charge in [-0.3, -0.25) is 14.2 Å². The van der Waals surface area contributed by atoms with Crippen LogP contribution in [0.4, 0.5) is 0 Å². The van der Waals surface area contributed by atoms with E-state index >= 15 is 0 Å². The van der Waals surface area contributed by atoms with E-state index < -0.39 is 0 Å². The van der Waals surface area contributed by atoms with E-state index in [-0.39, 0.29) is 5.91 Å². The first-order valence-corrected chi connectivity index (χ1v) is 10.2. The summed E-state index contributed by atoms with van der Waals surface area (Å²) < 4.78 is 3.71. The van der Waals surface area contributed by atoms with Crippen molar-refractivity contribution in [1.82, 2.24) is 29.7 Å². The Bertz CT molecular complexity index is 803. The van der Waals surface area contributed by atoms with Crippen molar-refractivity contribution in [2.75, 3.05) is 13.1 Å². The van der Waals surface area contributed by atoms with Crippen LogP contribution in [0.2, 0.25) is 0 Å². The van der Waals surface area contributed by atoms with Crippen LogP contribution in [0.3, 0.4) is 0 Å². The zero-order chi connectivity index (χ0) is 19.0. The summed E-state index contributed by atoms with van der Waals surface area (Å²) in [6.45, 7) is 6.79. The van der Waals surface area contributed by atoms with Crippen LogP contribution in [0, 0.1) is 11.8 Å². The lowest BCUT2D eigenvalue weighted by Crippen LogP contribution is -2.41. The van der Waals surface area contributed by atoms with Gasteiger partial charge in [0.15, 0.2) is 0 Å². The lowest BCUT2D eigenvalue weighted by molar-refractivity contribution is 0.0648. The molecule has 1 saturated carbocycles. The highest BCUT2D eigenvalue weighted by molar-refractivity contribution is 5.92. The minimum Gasteiger partial charge on any atom is -0.337 e. The van der Waals surface area contributed by atoms with Gasteiger partial charge in [-0.2, -0.15) is 5.10 Å². The van der Waals surface area contributed by atoms with Crippen molar-refractivity contribution >= 4 is 5.91 Å². The maximum absolute atomic E-state index is 13.0. The van der Waals surface area contributed by atoms with Crippen LogP contribution in [0.1, 0.15) is 67.3 Å². The largest absolute Gasteiger partial charge is 0.337 e. The molecule has 2 aromatic rings. The number of piperidine rings is 1. The van der Waals surface area contributed by atoms with Crippen molar-refractivity contribution in [3.63, 3.8) is 0 Å². The molecule has 146 valence electrons. The molecule has 0 unspecified atom stereocenters. The van der Waals surface area contributed by atoms with Gasteiger partial charge in [0, 0.05) is 38.8 Å². The van der Waals surface area contributed by atoms with Gasteiger partial charge in [0.25, 0.3) is 5.91 Å². The van der Waals surface area contributed by atoms with Gasteiger partial charge in [-0.05, 0) is 50.0 Å². The monoisotopic (exact) mass is 370 g/mol. The Hall–Kier alpha value is -2.18. The van der Waals surface area contributed by atoms with Gasteiger partial charge in [0.05, 0.1) is 11.4 Å². The van der Waals surface area contributed by atoms with E-state index in [9.17, 15) is 4.79 Å². The average molecular weight is 371 g/mol. The topological polar surface area (TPSA) is 68.8 Å².